The van der Waals surface area contributed by atoms with Gasteiger partial charge in [0.25, 0.3) is 0 Å². The molecule has 0 radical (unpaired) electrons. The van der Waals surface area contributed by atoms with Crippen LogP contribution in [0.15, 0.2) is 5.16 Å². The molecule has 0 heterocycles. The van der Waals surface area contributed by atoms with Crippen LogP contribution in [0.5, 0.6) is 0 Å². The Bertz CT molecular complexity index is 211. The lowest BCUT2D eigenvalue weighted by Crippen LogP contribution is -2.22. The van der Waals surface area contributed by atoms with E-state index in [9.17, 15) is 0 Å². The van der Waals surface area contributed by atoms with E-state index in [1.165, 1.54) is 0 Å². The summed E-state index contributed by atoms with van der Waals surface area (Å²) in [6.07, 6.45) is 4.87. The van der Waals surface area contributed by atoms with E-state index < -0.39 is 0 Å². The Kier molecular flexibility index (Phi) is 7.96. The Balaban J connectivity index is 1.90. The van der Waals surface area contributed by atoms with E-state index in [1.54, 1.807) is 7.11 Å². The minimum Gasteiger partial charge on any atom is -0.411 e. The van der Waals surface area contributed by atoms with Crippen molar-refractivity contribution >= 4 is 5.71 Å². The van der Waals surface area contributed by atoms with Crippen LogP contribution in [0.2, 0.25) is 0 Å². The van der Waals surface area contributed by atoms with Gasteiger partial charge in [0.15, 0.2) is 0 Å². The van der Waals surface area contributed by atoms with Crippen LogP contribution in [0.3, 0.4) is 0 Å². The second kappa shape index (κ2) is 9.39. The van der Waals surface area contributed by atoms with Crippen LogP contribution in [0.1, 0.15) is 32.1 Å². The third-order valence-electron chi connectivity index (χ3n) is 2.87. The second-order valence-corrected chi connectivity index (χ2v) is 4.20. The molecule has 1 aliphatic carbocycles. The fourth-order valence-corrected chi connectivity index (χ4v) is 1.85. The summed E-state index contributed by atoms with van der Waals surface area (Å²) in [5, 5.41) is 11.9. The summed E-state index contributed by atoms with van der Waals surface area (Å²) in [4.78, 5) is 0. The number of ether oxygens (including phenoxy) is 3. The molecule has 1 fully saturated rings. The summed E-state index contributed by atoms with van der Waals surface area (Å²) >= 11 is 0. The first-order valence-electron chi connectivity index (χ1n) is 6.25. The third-order valence-corrected chi connectivity index (χ3v) is 2.87. The molecule has 5 heteroatoms. The van der Waals surface area contributed by atoms with Gasteiger partial charge in [0.2, 0.25) is 0 Å². The van der Waals surface area contributed by atoms with Crippen molar-refractivity contribution in [3.05, 3.63) is 0 Å². The van der Waals surface area contributed by atoms with E-state index >= 15 is 0 Å². The fraction of sp³-hybridized carbons (Fsp3) is 0.917. The molecule has 17 heavy (non-hydrogen) atoms. The van der Waals surface area contributed by atoms with Gasteiger partial charge in [-0.3, -0.25) is 0 Å². The molecule has 1 aliphatic rings. The molecule has 0 spiro atoms. The summed E-state index contributed by atoms with van der Waals surface area (Å²) in [7, 11) is 1.67. The number of nitrogens with zero attached hydrogens (tertiary/aromatic N) is 1. The van der Waals surface area contributed by atoms with Gasteiger partial charge in [0.1, 0.15) is 0 Å². The van der Waals surface area contributed by atoms with E-state index in [2.05, 4.69) is 5.16 Å². The number of hydrogen-bond donors (Lipinski definition) is 1. The Hall–Kier alpha value is -0.650. The molecule has 0 aliphatic heterocycles. The molecule has 0 amide bonds. The fourth-order valence-electron chi connectivity index (χ4n) is 1.85. The molecular weight excluding hydrogens is 222 g/mol. The van der Waals surface area contributed by atoms with Crippen LogP contribution in [0, 0.1) is 0 Å². The first kappa shape index (κ1) is 14.4. The minimum absolute atomic E-state index is 0.319. The highest BCUT2D eigenvalue weighted by molar-refractivity contribution is 5.84. The van der Waals surface area contributed by atoms with E-state index in [1.807, 2.05) is 0 Å². The van der Waals surface area contributed by atoms with E-state index in [4.69, 9.17) is 19.4 Å². The molecule has 0 unspecified atom stereocenters. The van der Waals surface area contributed by atoms with Crippen molar-refractivity contribution in [2.75, 3.05) is 33.5 Å². The summed E-state index contributed by atoms with van der Waals surface area (Å²) in [6.45, 7) is 2.76. The van der Waals surface area contributed by atoms with Crippen molar-refractivity contribution in [2.45, 2.75) is 38.2 Å². The molecule has 100 valence electrons. The maximum Gasteiger partial charge on any atom is 0.0700 e. The summed E-state index contributed by atoms with van der Waals surface area (Å²) in [5.41, 5.74) is 0.896. The molecule has 0 aromatic carbocycles. The predicted molar refractivity (Wildman–Crippen MR) is 64.7 cm³/mol. The second-order valence-electron chi connectivity index (χ2n) is 4.20. The lowest BCUT2D eigenvalue weighted by Gasteiger charge is -2.22. The van der Waals surface area contributed by atoms with Gasteiger partial charge >= 0.3 is 0 Å². The zero-order valence-corrected chi connectivity index (χ0v) is 10.6. The Morgan fingerprint density at radius 3 is 2.59 bits per heavy atom. The molecule has 0 atom stereocenters. The Morgan fingerprint density at radius 2 is 1.94 bits per heavy atom. The molecule has 0 aromatic heterocycles. The van der Waals surface area contributed by atoms with Gasteiger partial charge in [-0.05, 0) is 32.1 Å². The van der Waals surface area contributed by atoms with Crippen molar-refractivity contribution in [3.63, 3.8) is 0 Å². The third kappa shape index (κ3) is 6.61. The van der Waals surface area contributed by atoms with Crippen molar-refractivity contribution in [3.8, 4) is 0 Å². The molecule has 1 N–H and O–H groups in total. The quantitative estimate of drug-likeness (QED) is 0.402. The van der Waals surface area contributed by atoms with Crippen molar-refractivity contribution < 1.29 is 19.4 Å². The SMILES string of the molecule is COCCOCCCOC1CCC(=NO)CC1. The highest BCUT2D eigenvalue weighted by atomic mass is 16.5. The lowest BCUT2D eigenvalue weighted by atomic mass is 9.96. The monoisotopic (exact) mass is 245 g/mol. The summed E-state index contributed by atoms with van der Waals surface area (Å²) < 4.78 is 16.0. The van der Waals surface area contributed by atoms with Crippen LogP contribution in [0.25, 0.3) is 0 Å². The number of oxime groups is 1. The van der Waals surface area contributed by atoms with Crippen LogP contribution in [0.4, 0.5) is 0 Å². The number of rotatable bonds is 8. The molecule has 0 aromatic rings. The van der Waals surface area contributed by atoms with Crippen LogP contribution < -0.4 is 0 Å². The van der Waals surface area contributed by atoms with E-state index in [0.29, 0.717) is 19.3 Å². The van der Waals surface area contributed by atoms with Crippen molar-refractivity contribution in [1.29, 1.82) is 0 Å². The molecule has 5 nitrogen and oxygen atoms in total. The van der Waals surface area contributed by atoms with Gasteiger partial charge < -0.3 is 19.4 Å². The zero-order chi connectivity index (χ0) is 12.3. The molecule has 1 saturated carbocycles. The zero-order valence-electron chi connectivity index (χ0n) is 10.6. The highest BCUT2D eigenvalue weighted by Crippen LogP contribution is 2.18. The molecule has 0 saturated heterocycles. The number of hydrogen-bond acceptors (Lipinski definition) is 5. The first-order valence-corrected chi connectivity index (χ1v) is 6.25. The maximum atomic E-state index is 8.61. The highest BCUT2D eigenvalue weighted by Gasteiger charge is 2.17. The van der Waals surface area contributed by atoms with Crippen LogP contribution in [-0.2, 0) is 14.2 Å². The largest absolute Gasteiger partial charge is 0.411 e. The van der Waals surface area contributed by atoms with Crippen molar-refractivity contribution in [2.24, 2.45) is 5.16 Å². The number of methoxy groups -OCH3 is 1. The van der Waals surface area contributed by atoms with Gasteiger partial charge in [0, 0.05) is 20.3 Å². The lowest BCUT2D eigenvalue weighted by molar-refractivity contribution is 0.0158. The molecule has 1 rings (SSSR count). The van der Waals surface area contributed by atoms with Gasteiger partial charge in [-0.15, -0.1) is 0 Å². The normalized spacial score (nSPS) is 20.5. The smallest absolute Gasteiger partial charge is 0.0700 e. The molecule has 0 bridgehead atoms. The summed E-state index contributed by atoms with van der Waals surface area (Å²) in [5.74, 6) is 0. The molecular formula is C12H23NO4. The van der Waals surface area contributed by atoms with Crippen LogP contribution in [-0.4, -0.2) is 50.6 Å². The van der Waals surface area contributed by atoms with Gasteiger partial charge in [-0.25, -0.2) is 0 Å². The standard InChI is InChI=1S/C12H23NO4/c1-15-9-10-16-7-2-8-17-12-5-3-11(13-14)4-6-12/h12,14H,2-10H2,1H3. The van der Waals surface area contributed by atoms with Crippen molar-refractivity contribution in [1.82, 2.24) is 0 Å². The average molecular weight is 245 g/mol. The van der Waals surface area contributed by atoms with Gasteiger partial charge in [-0.2, -0.15) is 0 Å². The van der Waals surface area contributed by atoms with Crippen LogP contribution >= 0.6 is 0 Å². The first-order chi connectivity index (χ1) is 8.36. The summed E-state index contributed by atoms with van der Waals surface area (Å²) in [6, 6.07) is 0. The maximum absolute atomic E-state index is 8.61. The van der Waals surface area contributed by atoms with E-state index in [-0.39, 0.29) is 0 Å². The van der Waals surface area contributed by atoms with E-state index in [0.717, 1.165) is 51.0 Å². The van der Waals surface area contributed by atoms with Gasteiger partial charge in [0.05, 0.1) is 25.0 Å². The predicted octanol–water partition coefficient (Wildman–Crippen LogP) is 1.83. The van der Waals surface area contributed by atoms with Gasteiger partial charge in [-0.1, -0.05) is 5.16 Å². The minimum atomic E-state index is 0.319. The average Bonchev–Trinajstić information content (AvgIpc) is 2.38. The Labute approximate surface area is 103 Å². The topological polar surface area (TPSA) is 60.3 Å². The Morgan fingerprint density at radius 1 is 1.18 bits per heavy atom.